The van der Waals surface area contributed by atoms with Crippen molar-refractivity contribution in [2.45, 2.75) is 39.4 Å². The molecule has 0 atom stereocenters. The zero-order chi connectivity index (χ0) is 10.3. The Balaban J connectivity index is 0.00000112. The summed E-state index contributed by atoms with van der Waals surface area (Å²) in [5.74, 6) is 0. The van der Waals surface area contributed by atoms with Crippen molar-refractivity contribution in [3.63, 3.8) is 0 Å². The first kappa shape index (κ1) is 12.3. The zero-order valence-corrected chi connectivity index (χ0v) is 10.4. The molecule has 0 saturated heterocycles. The van der Waals surface area contributed by atoms with Crippen LogP contribution in [-0.2, 0) is 13.1 Å². The molecule has 0 amide bonds. The molecule has 0 radical (unpaired) electrons. The van der Waals surface area contributed by atoms with Gasteiger partial charge in [0.15, 0.2) is 0 Å². The number of rotatable bonds is 0. The van der Waals surface area contributed by atoms with Gasteiger partial charge in [-0.1, -0.05) is 12.1 Å². The van der Waals surface area contributed by atoms with Gasteiger partial charge in [-0.05, 0) is 38.0 Å². The van der Waals surface area contributed by atoms with Crippen molar-refractivity contribution < 1.29 is 0 Å². The van der Waals surface area contributed by atoms with Gasteiger partial charge in [-0.2, -0.15) is 0 Å². The molecule has 0 aliphatic carbocycles. The molecule has 1 aliphatic heterocycles. The minimum Gasteiger partial charge on any atom is -0.398 e. The van der Waals surface area contributed by atoms with Gasteiger partial charge in [0.2, 0.25) is 0 Å². The lowest BCUT2D eigenvalue weighted by atomic mass is 10.1. The fourth-order valence-corrected chi connectivity index (χ4v) is 1.92. The van der Waals surface area contributed by atoms with Crippen molar-refractivity contribution in [3.8, 4) is 0 Å². The van der Waals surface area contributed by atoms with E-state index in [-0.39, 0.29) is 17.9 Å². The van der Waals surface area contributed by atoms with Crippen molar-refractivity contribution in [2.75, 3.05) is 5.73 Å². The number of halogens is 1. The quantitative estimate of drug-likeness (QED) is 0.690. The van der Waals surface area contributed by atoms with Gasteiger partial charge in [-0.25, -0.2) is 0 Å². The molecule has 0 bridgehead atoms. The van der Waals surface area contributed by atoms with E-state index in [0.29, 0.717) is 0 Å². The lowest BCUT2D eigenvalue weighted by Crippen LogP contribution is -2.36. The smallest absolute Gasteiger partial charge is 0.0363 e. The van der Waals surface area contributed by atoms with Crippen LogP contribution < -0.4 is 5.73 Å². The first-order valence-corrected chi connectivity index (χ1v) is 5.10. The Morgan fingerprint density at radius 1 is 1.20 bits per heavy atom. The first-order chi connectivity index (χ1) is 6.48. The maximum Gasteiger partial charge on any atom is 0.0363 e. The lowest BCUT2D eigenvalue weighted by molar-refractivity contribution is 0.136. The van der Waals surface area contributed by atoms with E-state index in [4.69, 9.17) is 5.73 Å². The monoisotopic (exact) mass is 226 g/mol. The van der Waals surface area contributed by atoms with Crippen molar-refractivity contribution >= 4 is 18.1 Å². The molecular formula is C12H19ClN2. The molecule has 2 N–H and O–H groups in total. The Hall–Kier alpha value is -0.730. The summed E-state index contributed by atoms with van der Waals surface area (Å²) in [5.41, 5.74) is 9.83. The van der Waals surface area contributed by atoms with Crippen LogP contribution >= 0.6 is 12.4 Å². The molecule has 3 heteroatoms. The predicted molar refractivity (Wildman–Crippen MR) is 67.1 cm³/mol. The molecule has 84 valence electrons. The second-order valence-corrected chi connectivity index (χ2v) is 5.01. The van der Waals surface area contributed by atoms with Gasteiger partial charge >= 0.3 is 0 Å². The molecule has 2 rings (SSSR count). The molecule has 0 spiro atoms. The Morgan fingerprint density at radius 3 is 2.40 bits per heavy atom. The van der Waals surface area contributed by atoms with Crippen LogP contribution in [0.5, 0.6) is 0 Å². The molecule has 0 unspecified atom stereocenters. The van der Waals surface area contributed by atoms with Gasteiger partial charge in [0.05, 0.1) is 0 Å². The molecule has 2 nitrogen and oxygen atoms in total. The zero-order valence-electron chi connectivity index (χ0n) is 9.58. The van der Waals surface area contributed by atoms with Gasteiger partial charge in [-0.15, -0.1) is 12.4 Å². The first-order valence-electron chi connectivity index (χ1n) is 5.10. The van der Waals surface area contributed by atoms with E-state index >= 15 is 0 Å². The summed E-state index contributed by atoms with van der Waals surface area (Å²) in [6.07, 6.45) is 0. The number of anilines is 1. The number of nitrogens with two attached hydrogens (primary N) is 1. The molecule has 1 aromatic rings. The van der Waals surface area contributed by atoms with Crippen molar-refractivity contribution in [2.24, 2.45) is 0 Å². The van der Waals surface area contributed by atoms with Gasteiger partial charge in [0.1, 0.15) is 0 Å². The Kier molecular flexibility index (Phi) is 3.31. The van der Waals surface area contributed by atoms with Crippen LogP contribution in [0, 0.1) is 0 Å². The molecule has 0 saturated carbocycles. The van der Waals surface area contributed by atoms with Crippen LogP contribution in [0.1, 0.15) is 31.9 Å². The Morgan fingerprint density at radius 2 is 1.87 bits per heavy atom. The summed E-state index contributed by atoms with van der Waals surface area (Å²) in [4.78, 5) is 2.45. The van der Waals surface area contributed by atoms with E-state index in [1.165, 1.54) is 11.1 Å². The second kappa shape index (κ2) is 4.03. The minimum absolute atomic E-state index is 0. The lowest BCUT2D eigenvalue weighted by Gasteiger charge is -2.31. The SMILES string of the molecule is CC(C)(C)N1Cc2cccc(N)c2C1.Cl. The maximum absolute atomic E-state index is 5.95. The third kappa shape index (κ3) is 2.27. The summed E-state index contributed by atoms with van der Waals surface area (Å²) < 4.78 is 0. The van der Waals surface area contributed by atoms with Gasteiger partial charge in [-0.3, -0.25) is 4.90 Å². The largest absolute Gasteiger partial charge is 0.398 e. The highest BCUT2D eigenvalue weighted by Crippen LogP contribution is 2.31. The average Bonchev–Trinajstić information content (AvgIpc) is 2.48. The molecule has 1 aliphatic rings. The van der Waals surface area contributed by atoms with Gasteiger partial charge in [0, 0.05) is 24.3 Å². The van der Waals surface area contributed by atoms with Crippen molar-refractivity contribution in [3.05, 3.63) is 29.3 Å². The maximum atomic E-state index is 5.95. The van der Waals surface area contributed by atoms with E-state index in [2.05, 4.69) is 31.7 Å². The third-order valence-electron chi connectivity index (χ3n) is 2.97. The summed E-state index contributed by atoms with van der Waals surface area (Å²) in [7, 11) is 0. The second-order valence-electron chi connectivity index (χ2n) is 5.01. The number of hydrogen-bond acceptors (Lipinski definition) is 2. The number of benzene rings is 1. The van der Waals surface area contributed by atoms with E-state index in [9.17, 15) is 0 Å². The van der Waals surface area contributed by atoms with E-state index in [0.717, 1.165) is 18.8 Å². The topological polar surface area (TPSA) is 29.3 Å². The van der Waals surface area contributed by atoms with Crippen LogP contribution in [0.2, 0.25) is 0 Å². The molecule has 1 aromatic carbocycles. The number of fused-ring (bicyclic) bond motifs is 1. The Labute approximate surface area is 97.9 Å². The average molecular weight is 227 g/mol. The van der Waals surface area contributed by atoms with E-state index < -0.39 is 0 Å². The minimum atomic E-state index is 0. The predicted octanol–water partition coefficient (Wildman–Crippen LogP) is 2.80. The summed E-state index contributed by atoms with van der Waals surface area (Å²) >= 11 is 0. The normalized spacial score (nSPS) is 15.9. The van der Waals surface area contributed by atoms with E-state index in [1.54, 1.807) is 0 Å². The molecule has 15 heavy (non-hydrogen) atoms. The molecular weight excluding hydrogens is 208 g/mol. The third-order valence-corrected chi connectivity index (χ3v) is 2.97. The highest BCUT2D eigenvalue weighted by Gasteiger charge is 2.28. The highest BCUT2D eigenvalue weighted by molar-refractivity contribution is 5.85. The number of nitrogen functional groups attached to an aromatic ring is 1. The fourth-order valence-electron chi connectivity index (χ4n) is 1.92. The summed E-state index contributed by atoms with van der Waals surface area (Å²) in [5, 5.41) is 0. The number of nitrogens with zero attached hydrogens (tertiary/aromatic N) is 1. The summed E-state index contributed by atoms with van der Waals surface area (Å²) in [6.45, 7) is 8.76. The summed E-state index contributed by atoms with van der Waals surface area (Å²) in [6, 6.07) is 6.21. The van der Waals surface area contributed by atoms with Gasteiger partial charge < -0.3 is 5.73 Å². The van der Waals surface area contributed by atoms with E-state index in [1.807, 2.05) is 12.1 Å². The van der Waals surface area contributed by atoms with Crippen LogP contribution in [-0.4, -0.2) is 10.4 Å². The van der Waals surface area contributed by atoms with Crippen LogP contribution in [0.3, 0.4) is 0 Å². The molecule has 0 aromatic heterocycles. The molecule has 1 heterocycles. The van der Waals surface area contributed by atoms with Crippen molar-refractivity contribution in [1.82, 2.24) is 4.90 Å². The molecule has 0 fully saturated rings. The Bertz CT molecular complexity index is 355. The van der Waals surface area contributed by atoms with Crippen LogP contribution in [0.25, 0.3) is 0 Å². The standard InChI is InChI=1S/C12H18N2.ClH/c1-12(2,3)14-7-9-5-4-6-11(13)10(9)8-14;/h4-6H,7-8,13H2,1-3H3;1H. The van der Waals surface area contributed by atoms with Crippen LogP contribution in [0.15, 0.2) is 18.2 Å². The highest BCUT2D eigenvalue weighted by atomic mass is 35.5. The fraction of sp³-hybridized carbons (Fsp3) is 0.500. The number of hydrogen-bond donors (Lipinski definition) is 1. The van der Waals surface area contributed by atoms with Crippen molar-refractivity contribution in [1.29, 1.82) is 0 Å². The van der Waals surface area contributed by atoms with Gasteiger partial charge in [0.25, 0.3) is 0 Å². The van der Waals surface area contributed by atoms with Crippen LogP contribution in [0.4, 0.5) is 5.69 Å².